The molecule has 0 aliphatic carbocycles. The number of nitrogens with zero attached hydrogens (tertiary/aromatic N) is 2. The van der Waals surface area contributed by atoms with E-state index in [0.717, 1.165) is 23.2 Å². The highest BCUT2D eigenvalue weighted by molar-refractivity contribution is 6.05. The fraction of sp³-hybridized carbons (Fsp3) is 0.526. The Morgan fingerprint density at radius 1 is 1.15 bits per heavy atom. The molecule has 140 valence electrons. The summed E-state index contributed by atoms with van der Waals surface area (Å²) in [5.74, 6) is 0.0122. The van der Waals surface area contributed by atoms with Crippen molar-refractivity contribution in [1.82, 2.24) is 9.80 Å². The standard InChI is InChI=1S/C19H25N3O4/c1-19(2)14-11-13(5-6-15(14)20-17(19)24)12-16(23)21-7-4-8-22(10-9-21)18(25)26-3/h5-6,11H,4,7-10,12H2,1-3H3,(H,20,24). The zero-order valence-corrected chi connectivity index (χ0v) is 15.5. The third-order valence-electron chi connectivity index (χ3n) is 5.21. The molecule has 1 fully saturated rings. The normalized spacial score (nSPS) is 18.8. The summed E-state index contributed by atoms with van der Waals surface area (Å²) in [5, 5.41) is 2.88. The fourth-order valence-corrected chi connectivity index (χ4v) is 3.49. The highest BCUT2D eigenvalue weighted by atomic mass is 16.5. The second-order valence-corrected chi connectivity index (χ2v) is 7.33. The molecule has 3 amide bonds. The minimum Gasteiger partial charge on any atom is -0.453 e. The lowest BCUT2D eigenvalue weighted by Gasteiger charge is -2.22. The van der Waals surface area contributed by atoms with Gasteiger partial charge in [-0.25, -0.2) is 4.79 Å². The van der Waals surface area contributed by atoms with Crippen LogP contribution >= 0.6 is 0 Å². The van der Waals surface area contributed by atoms with E-state index in [2.05, 4.69) is 5.32 Å². The van der Waals surface area contributed by atoms with Gasteiger partial charge in [-0.3, -0.25) is 9.59 Å². The van der Waals surface area contributed by atoms with Crippen LogP contribution < -0.4 is 5.32 Å². The molecular weight excluding hydrogens is 334 g/mol. The Labute approximate surface area is 153 Å². The van der Waals surface area contributed by atoms with E-state index in [0.29, 0.717) is 26.2 Å². The largest absolute Gasteiger partial charge is 0.453 e. The molecule has 2 heterocycles. The van der Waals surface area contributed by atoms with Crippen molar-refractivity contribution in [3.63, 3.8) is 0 Å². The smallest absolute Gasteiger partial charge is 0.409 e. The number of amides is 3. The van der Waals surface area contributed by atoms with E-state index in [-0.39, 0.29) is 24.3 Å². The first-order valence-electron chi connectivity index (χ1n) is 8.88. The van der Waals surface area contributed by atoms with Gasteiger partial charge in [-0.1, -0.05) is 12.1 Å². The Morgan fingerprint density at radius 3 is 2.58 bits per heavy atom. The number of nitrogens with one attached hydrogen (secondary N) is 1. The molecule has 0 saturated carbocycles. The van der Waals surface area contributed by atoms with E-state index < -0.39 is 5.41 Å². The number of carbonyl (C=O) groups excluding carboxylic acids is 3. The van der Waals surface area contributed by atoms with Gasteiger partial charge in [0.2, 0.25) is 11.8 Å². The quantitative estimate of drug-likeness (QED) is 0.873. The van der Waals surface area contributed by atoms with Gasteiger partial charge in [0.1, 0.15) is 0 Å². The average Bonchev–Trinajstić information content (AvgIpc) is 2.79. The molecule has 3 rings (SSSR count). The van der Waals surface area contributed by atoms with Gasteiger partial charge in [-0.15, -0.1) is 0 Å². The Kier molecular flexibility index (Phi) is 4.89. The first-order valence-corrected chi connectivity index (χ1v) is 8.88. The number of fused-ring (bicyclic) bond motifs is 1. The first kappa shape index (κ1) is 18.2. The maximum Gasteiger partial charge on any atom is 0.409 e. The minimum atomic E-state index is -0.585. The van der Waals surface area contributed by atoms with Crippen LogP contribution in [0.5, 0.6) is 0 Å². The topological polar surface area (TPSA) is 79.0 Å². The molecule has 2 aliphatic rings. The Bertz CT molecular complexity index is 744. The maximum atomic E-state index is 12.7. The molecule has 1 aromatic rings. The fourth-order valence-electron chi connectivity index (χ4n) is 3.49. The number of rotatable bonds is 2. The number of methoxy groups -OCH3 is 1. The van der Waals surface area contributed by atoms with Crippen molar-refractivity contribution in [3.05, 3.63) is 29.3 Å². The van der Waals surface area contributed by atoms with Crippen molar-refractivity contribution < 1.29 is 19.1 Å². The molecule has 0 unspecified atom stereocenters. The van der Waals surface area contributed by atoms with Crippen molar-refractivity contribution in [2.24, 2.45) is 0 Å². The molecule has 1 aromatic carbocycles. The summed E-state index contributed by atoms with van der Waals surface area (Å²) in [6.45, 7) is 5.98. The SMILES string of the molecule is COC(=O)N1CCCN(C(=O)Cc2ccc3c(c2)C(C)(C)C(=O)N3)CC1. The van der Waals surface area contributed by atoms with Crippen LogP contribution in [-0.4, -0.2) is 61.0 Å². The van der Waals surface area contributed by atoms with Crippen molar-refractivity contribution in [1.29, 1.82) is 0 Å². The maximum absolute atomic E-state index is 12.7. The Morgan fingerprint density at radius 2 is 1.85 bits per heavy atom. The van der Waals surface area contributed by atoms with E-state index in [4.69, 9.17) is 4.74 Å². The average molecular weight is 359 g/mol. The van der Waals surface area contributed by atoms with E-state index in [1.54, 1.807) is 9.80 Å². The van der Waals surface area contributed by atoms with Gasteiger partial charge in [0, 0.05) is 31.9 Å². The van der Waals surface area contributed by atoms with Gasteiger partial charge >= 0.3 is 6.09 Å². The molecule has 1 saturated heterocycles. The van der Waals surface area contributed by atoms with Gasteiger partial charge in [-0.05, 0) is 37.5 Å². The second-order valence-electron chi connectivity index (χ2n) is 7.33. The van der Waals surface area contributed by atoms with Crippen molar-refractivity contribution in [2.45, 2.75) is 32.1 Å². The van der Waals surface area contributed by atoms with Gasteiger partial charge in [0.25, 0.3) is 0 Å². The van der Waals surface area contributed by atoms with Gasteiger partial charge in [0.05, 0.1) is 18.9 Å². The van der Waals surface area contributed by atoms with Crippen LogP contribution in [0.25, 0.3) is 0 Å². The van der Waals surface area contributed by atoms with Crippen LogP contribution in [0.15, 0.2) is 18.2 Å². The van der Waals surface area contributed by atoms with E-state index in [1.807, 2.05) is 32.0 Å². The summed E-state index contributed by atoms with van der Waals surface area (Å²) in [6.07, 6.45) is 0.670. The molecule has 0 atom stereocenters. The number of ether oxygens (including phenoxy) is 1. The summed E-state index contributed by atoms with van der Waals surface area (Å²) >= 11 is 0. The molecule has 2 aliphatic heterocycles. The number of carbonyl (C=O) groups is 3. The monoisotopic (exact) mass is 359 g/mol. The number of anilines is 1. The van der Waals surface area contributed by atoms with Crippen LogP contribution in [0.2, 0.25) is 0 Å². The Hall–Kier alpha value is -2.57. The third-order valence-corrected chi connectivity index (χ3v) is 5.21. The van der Waals surface area contributed by atoms with Crippen molar-refractivity contribution in [2.75, 3.05) is 38.6 Å². The lowest BCUT2D eigenvalue weighted by Crippen LogP contribution is -2.37. The highest BCUT2D eigenvalue weighted by Gasteiger charge is 2.38. The Balaban J connectivity index is 1.67. The highest BCUT2D eigenvalue weighted by Crippen LogP contribution is 2.37. The van der Waals surface area contributed by atoms with Crippen LogP contribution in [0.4, 0.5) is 10.5 Å². The third kappa shape index (κ3) is 3.38. The second kappa shape index (κ2) is 6.97. The number of hydrogen-bond acceptors (Lipinski definition) is 4. The van der Waals surface area contributed by atoms with Gasteiger partial charge in [0.15, 0.2) is 0 Å². The summed E-state index contributed by atoms with van der Waals surface area (Å²) in [7, 11) is 1.37. The number of hydrogen-bond donors (Lipinski definition) is 1. The molecule has 7 nitrogen and oxygen atoms in total. The summed E-state index contributed by atoms with van der Waals surface area (Å²) in [4.78, 5) is 39.8. The molecule has 0 spiro atoms. The summed E-state index contributed by atoms with van der Waals surface area (Å²) in [5.41, 5.74) is 2.06. The van der Waals surface area contributed by atoms with Gasteiger partial charge in [-0.2, -0.15) is 0 Å². The molecule has 0 aromatic heterocycles. The van der Waals surface area contributed by atoms with Crippen LogP contribution in [0.1, 0.15) is 31.4 Å². The minimum absolute atomic E-state index is 0.0219. The summed E-state index contributed by atoms with van der Waals surface area (Å²) < 4.78 is 4.76. The zero-order chi connectivity index (χ0) is 18.9. The molecule has 0 bridgehead atoms. The van der Waals surface area contributed by atoms with Crippen LogP contribution in [0, 0.1) is 0 Å². The molecule has 0 radical (unpaired) electrons. The predicted molar refractivity (Wildman–Crippen MR) is 97.0 cm³/mol. The molecule has 7 heteroatoms. The number of benzene rings is 1. The summed E-state index contributed by atoms with van der Waals surface area (Å²) in [6, 6.07) is 5.70. The van der Waals surface area contributed by atoms with Crippen LogP contribution in [-0.2, 0) is 26.2 Å². The van der Waals surface area contributed by atoms with Crippen LogP contribution in [0.3, 0.4) is 0 Å². The van der Waals surface area contributed by atoms with E-state index in [1.165, 1.54) is 7.11 Å². The van der Waals surface area contributed by atoms with E-state index in [9.17, 15) is 14.4 Å². The molecule has 26 heavy (non-hydrogen) atoms. The zero-order valence-electron chi connectivity index (χ0n) is 15.5. The lowest BCUT2D eigenvalue weighted by molar-refractivity contribution is -0.130. The van der Waals surface area contributed by atoms with Crippen molar-refractivity contribution >= 4 is 23.6 Å². The lowest BCUT2D eigenvalue weighted by atomic mass is 9.85. The van der Waals surface area contributed by atoms with Gasteiger partial charge < -0.3 is 19.9 Å². The molecular formula is C19H25N3O4. The van der Waals surface area contributed by atoms with Crippen molar-refractivity contribution in [3.8, 4) is 0 Å². The molecule has 1 N–H and O–H groups in total. The first-order chi connectivity index (χ1) is 12.3. The predicted octanol–water partition coefficient (Wildman–Crippen LogP) is 1.76. The van der Waals surface area contributed by atoms with E-state index >= 15 is 0 Å².